The average Bonchev–Trinajstić information content (AvgIpc) is 2.71. The lowest BCUT2D eigenvalue weighted by Gasteiger charge is -2.23. The van der Waals surface area contributed by atoms with Crippen LogP contribution < -0.4 is 10.6 Å². The van der Waals surface area contributed by atoms with Gasteiger partial charge in [0, 0.05) is 23.9 Å². The lowest BCUT2D eigenvalue weighted by atomic mass is 10.2. The van der Waals surface area contributed by atoms with Crippen molar-refractivity contribution in [3.8, 4) is 0 Å². The molecular formula is C11H17N3O3S2. The first-order chi connectivity index (χ1) is 8.96. The Bertz CT molecular complexity index is 553. The normalized spacial score (nSPS) is 22.1. The molecule has 6 nitrogen and oxygen atoms in total. The topological polar surface area (TPSA) is 88.2 Å². The van der Waals surface area contributed by atoms with Crippen molar-refractivity contribution in [3.05, 3.63) is 16.1 Å². The quantitative estimate of drug-likeness (QED) is 0.807. The molecule has 19 heavy (non-hydrogen) atoms. The van der Waals surface area contributed by atoms with Gasteiger partial charge in [-0.2, -0.15) is 0 Å². The van der Waals surface area contributed by atoms with Gasteiger partial charge in [0.1, 0.15) is 0 Å². The van der Waals surface area contributed by atoms with Crippen molar-refractivity contribution in [3.63, 3.8) is 0 Å². The summed E-state index contributed by atoms with van der Waals surface area (Å²) in [4.78, 5) is 16.9. The van der Waals surface area contributed by atoms with Crippen molar-refractivity contribution in [2.24, 2.45) is 0 Å². The number of aryl methyl sites for hydroxylation is 1. The monoisotopic (exact) mass is 303 g/mol. The first-order valence-corrected chi connectivity index (χ1v) is 8.76. The maximum atomic E-state index is 11.8. The van der Waals surface area contributed by atoms with Gasteiger partial charge in [-0.3, -0.25) is 4.79 Å². The van der Waals surface area contributed by atoms with Gasteiger partial charge in [-0.1, -0.05) is 0 Å². The summed E-state index contributed by atoms with van der Waals surface area (Å²) in [7, 11) is -2.99. The molecule has 0 aromatic carbocycles. The fraction of sp³-hybridized carbons (Fsp3) is 0.636. The lowest BCUT2D eigenvalue weighted by Crippen LogP contribution is -2.47. The van der Waals surface area contributed by atoms with Crippen molar-refractivity contribution in [1.29, 1.82) is 0 Å². The van der Waals surface area contributed by atoms with Gasteiger partial charge in [0.2, 0.25) is 5.91 Å². The van der Waals surface area contributed by atoms with Crippen molar-refractivity contribution < 1.29 is 13.2 Å². The van der Waals surface area contributed by atoms with E-state index < -0.39 is 9.84 Å². The zero-order chi connectivity index (χ0) is 13.9. The molecule has 0 radical (unpaired) electrons. The van der Waals surface area contributed by atoms with Crippen LogP contribution >= 0.6 is 11.3 Å². The van der Waals surface area contributed by atoms with Crippen molar-refractivity contribution in [1.82, 2.24) is 15.6 Å². The van der Waals surface area contributed by atoms with Crippen LogP contribution in [0.5, 0.6) is 0 Å². The second kappa shape index (κ2) is 5.98. The summed E-state index contributed by atoms with van der Waals surface area (Å²) in [5, 5.41) is 5.86. The number of hydrogen-bond acceptors (Lipinski definition) is 6. The average molecular weight is 303 g/mol. The Morgan fingerprint density at radius 2 is 2.42 bits per heavy atom. The minimum Gasteiger partial charge on any atom is -0.351 e. The molecule has 0 bridgehead atoms. The molecule has 0 spiro atoms. The van der Waals surface area contributed by atoms with Crippen LogP contribution in [0.1, 0.15) is 17.0 Å². The van der Waals surface area contributed by atoms with Gasteiger partial charge in [0.25, 0.3) is 0 Å². The summed E-state index contributed by atoms with van der Waals surface area (Å²) < 4.78 is 22.9. The third-order valence-electron chi connectivity index (χ3n) is 3.02. The standard InChI is InChI=1S/C11H17N3O3S2/c1-8-10(18-7-14-8)5-13-11(15)4-9-6-19(16,17)3-2-12-9/h7,9,12H,2-6H2,1H3,(H,13,15). The van der Waals surface area contributed by atoms with Crippen molar-refractivity contribution >= 4 is 27.1 Å². The van der Waals surface area contributed by atoms with Crippen molar-refractivity contribution in [2.75, 3.05) is 18.1 Å². The molecule has 2 rings (SSSR count). The second-order valence-corrected chi connectivity index (χ2v) is 7.78. The van der Waals surface area contributed by atoms with E-state index in [9.17, 15) is 13.2 Å². The molecule has 1 atom stereocenters. The number of sulfone groups is 1. The SMILES string of the molecule is Cc1ncsc1CNC(=O)CC1CS(=O)(=O)CCN1. The maximum absolute atomic E-state index is 11.8. The minimum atomic E-state index is -2.99. The molecule has 106 valence electrons. The number of carbonyl (C=O) groups is 1. The molecule has 2 heterocycles. The van der Waals surface area contributed by atoms with E-state index in [0.717, 1.165) is 10.6 Å². The van der Waals surface area contributed by atoms with E-state index in [1.165, 1.54) is 11.3 Å². The van der Waals surface area contributed by atoms with E-state index in [2.05, 4.69) is 15.6 Å². The lowest BCUT2D eigenvalue weighted by molar-refractivity contribution is -0.121. The molecule has 1 fully saturated rings. The Morgan fingerprint density at radius 3 is 3.05 bits per heavy atom. The number of thiazole rings is 1. The molecule has 1 saturated heterocycles. The van der Waals surface area contributed by atoms with E-state index >= 15 is 0 Å². The van der Waals surface area contributed by atoms with Gasteiger partial charge in [-0.25, -0.2) is 13.4 Å². The molecule has 1 aromatic heterocycles. The number of carbonyl (C=O) groups excluding carboxylic acids is 1. The van der Waals surface area contributed by atoms with E-state index in [4.69, 9.17) is 0 Å². The first kappa shape index (κ1) is 14.4. The van der Waals surface area contributed by atoms with Crippen LogP contribution in [0, 0.1) is 6.92 Å². The number of nitrogens with one attached hydrogen (secondary N) is 2. The highest BCUT2D eigenvalue weighted by Gasteiger charge is 2.25. The molecule has 8 heteroatoms. The predicted molar refractivity (Wildman–Crippen MR) is 73.8 cm³/mol. The van der Waals surface area contributed by atoms with Gasteiger partial charge in [-0.15, -0.1) is 11.3 Å². The van der Waals surface area contributed by atoms with E-state index in [-0.39, 0.29) is 29.9 Å². The zero-order valence-electron chi connectivity index (χ0n) is 10.7. The van der Waals surface area contributed by atoms with E-state index in [0.29, 0.717) is 13.1 Å². The van der Waals surface area contributed by atoms with Gasteiger partial charge < -0.3 is 10.6 Å². The van der Waals surface area contributed by atoms with Gasteiger partial charge in [0.05, 0.1) is 29.3 Å². The van der Waals surface area contributed by atoms with E-state index in [1.807, 2.05) is 6.92 Å². The van der Waals surface area contributed by atoms with Gasteiger partial charge in [0.15, 0.2) is 9.84 Å². The molecule has 1 aromatic rings. The number of nitrogens with zero attached hydrogens (tertiary/aromatic N) is 1. The third-order valence-corrected chi connectivity index (χ3v) is 5.70. The van der Waals surface area contributed by atoms with Crippen molar-refractivity contribution in [2.45, 2.75) is 25.9 Å². The number of aromatic nitrogens is 1. The number of amides is 1. The molecule has 0 saturated carbocycles. The van der Waals surface area contributed by atoms with Crippen LogP contribution in [0.4, 0.5) is 0 Å². The number of rotatable bonds is 4. The molecule has 1 aliphatic heterocycles. The smallest absolute Gasteiger partial charge is 0.221 e. The molecular weight excluding hydrogens is 286 g/mol. The fourth-order valence-electron chi connectivity index (χ4n) is 1.97. The Balaban J connectivity index is 1.80. The highest BCUT2D eigenvalue weighted by Crippen LogP contribution is 2.11. The summed E-state index contributed by atoms with van der Waals surface area (Å²) >= 11 is 1.50. The highest BCUT2D eigenvalue weighted by molar-refractivity contribution is 7.91. The van der Waals surface area contributed by atoms with Gasteiger partial charge >= 0.3 is 0 Å². The maximum Gasteiger partial charge on any atom is 0.221 e. The predicted octanol–water partition coefficient (Wildman–Crippen LogP) is -0.156. The fourth-order valence-corrected chi connectivity index (χ4v) is 4.13. The summed E-state index contributed by atoms with van der Waals surface area (Å²) in [6, 6.07) is -0.277. The van der Waals surface area contributed by atoms with Crippen LogP contribution in [0.15, 0.2) is 5.51 Å². The first-order valence-electron chi connectivity index (χ1n) is 6.06. The van der Waals surface area contributed by atoms with Crippen LogP contribution in [0.25, 0.3) is 0 Å². The summed E-state index contributed by atoms with van der Waals surface area (Å²) in [6.07, 6.45) is 0.192. The van der Waals surface area contributed by atoms with Gasteiger partial charge in [-0.05, 0) is 6.92 Å². The summed E-state index contributed by atoms with van der Waals surface area (Å²) in [5.74, 6) is 0.0629. The Kier molecular flexibility index (Phi) is 4.54. The second-order valence-electron chi connectivity index (χ2n) is 4.61. The largest absolute Gasteiger partial charge is 0.351 e. The van der Waals surface area contributed by atoms with Crippen LogP contribution in [-0.4, -0.2) is 43.4 Å². The van der Waals surface area contributed by atoms with E-state index in [1.54, 1.807) is 5.51 Å². The van der Waals surface area contributed by atoms with Crippen LogP contribution in [0.2, 0.25) is 0 Å². The number of hydrogen-bond donors (Lipinski definition) is 2. The summed E-state index contributed by atoms with van der Waals surface area (Å²) in [6.45, 7) is 2.77. The Labute approximate surface area is 116 Å². The molecule has 1 unspecified atom stereocenters. The Hall–Kier alpha value is -0.990. The minimum absolute atomic E-state index is 0.0417. The highest BCUT2D eigenvalue weighted by atomic mass is 32.2. The molecule has 2 N–H and O–H groups in total. The molecule has 1 aliphatic rings. The third kappa shape index (κ3) is 4.26. The molecule has 1 amide bonds. The van der Waals surface area contributed by atoms with Crippen LogP contribution in [0.3, 0.4) is 0 Å². The molecule has 0 aliphatic carbocycles. The summed E-state index contributed by atoms with van der Waals surface area (Å²) in [5.41, 5.74) is 2.66. The van der Waals surface area contributed by atoms with Crippen LogP contribution in [-0.2, 0) is 21.2 Å². The zero-order valence-corrected chi connectivity index (χ0v) is 12.3. The Morgan fingerprint density at radius 1 is 1.63 bits per heavy atom.